The topological polar surface area (TPSA) is 54.0 Å². The molecule has 0 unspecified atom stereocenters. The highest BCUT2D eigenvalue weighted by Gasteiger charge is 2.18. The van der Waals surface area contributed by atoms with E-state index >= 15 is 0 Å². The van der Waals surface area contributed by atoms with E-state index in [1.807, 2.05) is 6.07 Å². The summed E-state index contributed by atoms with van der Waals surface area (Å²) >= 11 is 0. The van der Waals surface area contributed by atoms with E-state index in [2.05, 4.69) is 46.3 Å². The zero-order valence-electron chi connectivity index (χ0n) is 16.9. The monoisotopic (exact) mass is 383 g/mol. The molecule has 0 atom stereocenters. The van der Waals surface area contributed by atoms with Crippen molar-refractivity contribution < 1.29 is 14.3 Å². The van der Waals surface area contributed by atoms with Crippen LogP contribution in [0, 0.1) is 6.92 Å². The Balaban J connectivity index is 1.44. The Labute approximate surface area is 167 Å². The molecule has 1 heterocycles. The maximum Gasteiger partial charge on any atom is 0.225 e. The van der Waals surface area contributed by atoms with Gasteiger partial charge >= 0.3 is 0 Å². The van der Waals surface area contributed by atoms with E-state index in [1.165, 1.54) is 11.3 Å². The molecule has 0 aliphatic carbocycles. The summed E-state index contributed by atoms with van der Waals surface area (Å²) in [5, 5.41) is 2.94. The average molecular weight is 383 g/mol. The van der Waals surface area contributed by atoms with Crippen molar-refractivity contribution in [2.45, 2.75) is 13.3 Å². The number of nitrogens with one attached hydrogen (secondary N) is 1. The van der Waals surface area contributed by atoms with Crippen molar-refractivity contribution in [2.24, 2.45) is 0 Å². The molecule has 3 rings (SSSR count). The van der Waals surface area contributed by atoms with Crippen LogP contribution in [0.15, 0.2) is 42.5 Å². The quantitative estimate of drug-likeness (QED) is 0.796. The van der Waals surface area contributed by atoms with Gasteiger partial charge in [0.05, 0.1) is 14.2 Å². The Morgan fingerprint density at radius 3 is 2.43 bits per heavy atom. The average Bonchev–Trinajstić information content (AvgIpc) is 2.72. The summed E-state index contributed by atoms with van der Waals surface area (Å²) in [6, 6.07) is 14.0. The molecule has 1 fully saturated rings. The van der Waals surface area contributed by atoms with Crippen LogP contribution in [0.4, 0.5) is 11.4 Å². The molecule has 2 aromatic rings. The van der Waals surface area contributed by atoms with Crippen molar-refractivity contribution in [1.29, 1.82) is 0 Å². The van der Waals surface area contributed by atoms with Gasteiger partial charge in [0.25, 0.3) is 0 Å². The van der Waals surface area contributed by atoms with Gasteiger partial charge in [0.1, 0.15) is 0 Å². The number of ether oxygens (including phenoxy) is 2. The van der Waals surface area contributed by atoms with Gasteiger partial charge < -0.3 is 19.7 Å². The molecule has 2 aromatic carbocycles. The number of aryl methyl sites for hydroxylation is 1. The van der Waals surface area contributed by atoms with Crippen LogP contribution in [0.25, 0.3) is 0 Å². The lowest BCUT2D eigenvalue weighted by atomic mass is 10.2. The first kappa shape index (κ1) is 20.0. The Bertz CT molecular complexity index is 801. The van der Waals surface area contributed by atoms with E-state index in [0.717, 1.165) is 32.7 Å². The largest absolute Gasteiger partial charge is 0.493 e. The van der Waals surface area contributed by atoms with Crippen LogP contribution in [-0.2, 0) is 4.79 Å². The van der Waals surface area contributed by atoms with Crippen molar-refractivity contribution in [3.05, 3.63) is 48.0 Å². The summed E-state index contributed by atoms with van der Waals surface area (Å²) in [4.78, 5) is 17.1. The van der Waals surface area contributed by atoms with Crippen molar-refractivity contribution in [3.63, 3.8) is 0 Å². The maximum atomic E-state index is 12.3. The normalized spacial score (nSPS) is 14.6. The number of carbonyl (C=O) groups excluding carboxylic acids is 1. The van der Waals surface area contributed by atoms with E-state index in [1.54, 1.807) is 26.4 Å². The van der Waals surface area contributed by atoms with Gasteiger partial charge in [-0.2, -0.15) is 0 Å². The van der Waals surface area contributed by atoms with Crippen LogP contribution in [0.5, 0.6) is 11.5 Å². The zero-order chi connectivity index (χ0) is 19.9. The third-order valence-electron chi connectivity index (χ3n) is 5.06. The lowest BCUT2D eigenvalue weighted by Gasteiger charge is -2.36. The molecule has 0 aromatic heterocycles. The number of amides is 1. The lowest BCUT2D eigenvalue weighted by Crippen LogP contribution is -2.47. The van der Waals surface area contributed by atoms with Gasteiger partial charge in [-0.3, -0.25) is 9.69 Å². The molecule has 1 aliphatic heterocycles. The van der Waals surface area contributed by atoms with Gasteiger partial charge in [0.15, 0.2) is 11.5 Å². The third kappa shape index (κ3) is 5.16. The molecule has 0 saturated carbocycles. The van der Waals surface area contributed by atoms with Crippen LogP contribution in [0.1, 0.15) is 12.0 Å². The lowest BCUT2D eigenvalue weighted by molar-refractivity contribution is -0.116. The molecule has 1 amide bonds. The molecular formula is C22H29N3O3. The van der Waals surface area contributed by atoms with Crippen LogP contribution in [-0.4, -0.2) is 57.8 Å². The second kappa shape index (κ2) is 9.46. The maximum absolute atomic E-state index is 12.3. The summed E-state index contributed by atoms with van der Waals surface area (Å²) in [6.07, 6.45) is 0.471. The number of benzene rings is 2. The fourth-order valence-corrected chi connectivity index (χ4v) is 3.45. The van der Waals surface area contributed by atoms with Crippen molar-refractivity contribution in [2.75, 3.05) is 57.2 Å². The number of anilines is 2. The molecule has 6 nitrogen and oxygen atoms in total. The van der Waals surface area contributed by atoms with E-state index in [4.69, 9.17) is 9.47 Å². The first-order valence-electron chi connectivity index (χ1n) is 9.65. The highest BCUT2D eigenvalue weighted by Crippen LogP contribution is 2.29. The van der Waals surface area contributed by atoms with Gasteiger partial charge in [0, 0.05) is 56.6 Å². The predicted molar refractivity (Wildman–Crippen MR) is 113 cm³/mol. The summed E-state index contributed by atoms with van der Waals surface area (Å²) < 4.78 is 10.5. The molecule has 1 saturated heterocycles. The predicted octanol–water partition coefficient (Wildman–Crippen LogP) is 3.16. The summed E-state index contributed by atoms with van der Waals surface area (Å²) in [6.45, 7) is 6.80. The minimum absolute atomic E-state index is 0.00772. The van der Waals surface area contributed by atoms with Gasteiger partial charge in [-0.1, -0.05) is 12.1 Å². The van der Waals surface area contributed by atoms with Crippen molar-refractivity contribution in [1.82, 2.24) is 4.90 Å². The number of methoxy groups -OCH3 is 2. The highest BCUT2D eigenvalue weighted by molar-refractivity contribution is 5.91. The van der Waals surface area contributed by atoms with Crippen LogP contribution < -0.4 is 19.7 Å². The first-order valence-corrected chi connectivity index (χ1v) is 9.65. The minimum atomic E-state index is 0.00772. The molecule has 150 valence electrons. The van der Waals surface area contributed by atoms with E-state index in [0.29, 0.717) is 23.6 Å². The second-order valence-corrected chi connectivity index (χ2v) is 7.04. The minimum Gasteiger partial charge on any atom is -0.493 e. The summed E-state index contributed by atoms with van der Waals surface area (Å²) in [7, 11) is 3.18. The number of piperazine rings is 1. The Morgan fingerprint density at radius 1 is 1.00 bits per heavy atom. The van der Waals surface area contributed by atoms with Gasteiger partial charge in [0.2, 0.25) is 5.91 Å². The van der Waals surface area contributed by atoms with Crippen LogP contribution in [0.3, 0.4) is 0 Å². The van der Waals surface area contributed by atoms with Gasteiger partial charge in [-0.15, -0.1) is 0 Å². The zero-order valence-corrected chi connectivity index (χ0v) is 16.9. The number of hydrogen-bond donors (Lipinski definition) is 1. The van der Waals surface area contributed by atoms with Gasteiger partial charge in [-0.05, 0) is 36.8 Å². The second-order valence-electron chi connectivity index (χ2n) is 7.04. The fourth-order valence-electron chi connectivity index (χ4n) is 3.45. The number of rotatable bonds is 7. The van der Waals surface area contributed by atoms with Gasteiger partial charge in [-0.25, -0.2) is 0 Å². The molecule has 0 bridgehead atoms. The molecular weight excluding hydrogens is 354 g/mol. The SMILES string of the molecule is COc1ccc(NC(=O)CCN2CCN(c3cccc(C)c3)CC2)cc1OC. The number of carbonyl (C=O) groups is 1. The molecule has 0 spiro atoms. The fraction of sp³-hybridized carbons (Fsp3) is 0.409. The van der Waals surface area contributed by atoms with E-state index < -0.39 is 0 Å². The Morgan fingerprint density at radius 2 is 1.75 bits per heavy atom. The van der Waals surface area contributed by atoms with Crippen LogP contribution in [0.2, 0.25) is 0 Å². The smallest absolute Gasteiger partial charge is 0.225 e. The van der Waals surface area contributed by atoms with Crippen molar-refractivity contribution >= 4 is 17.3 Å². The van der Waals surface area contributed by atoms with E-state index in [9.17, 15) is 4.79 Å². The standard InChI is InChI=1S/C22H29N3O3/c1-17-5-4-6-19(15-17)25-13-11-24(12-14-25)10-9-22(26)23-18-7-8-20(27-2)21(16-18)28-3/h4-8,15-16H,9-14H2,1-3H3,(H,23,26). The van der Waals surface area contributed by atoms with E-state index in [-0.39, 0.29) is 5.91 Å². The van der Waals surface area contributed by atoms with Crippen molar-refractivity contribution in [3.8, 4) is 11.5 Å². The molecule has 0 radical (unpaired) electrons. The molecule has 6 heteroatoms. The van der Waals surface area contributed by atoms with Crippen LogP contribution >= 0.6 is 0 Å². The highest BCUT2D eigenvalue weighted by atomic mass is 16.5. The molecule has 1 N–H and O–H groups in total. The molecule has 28 heavy (non-hydrogen) atoms. The number of hydrogen-bond acceptors (Lipinski definition) is 5. The first-order chi connectivity index (χ1) is 13.6. The summed E-state index contributed by atoms with van der Waals surface area (Å²) in [5.74, 6) is 1.26. The molecule has 1 aliphatic rings. The number of nitrogens with zero attached hydrogens (tertiary/aromatic N) is 2. The Kier molecular flexibility index (Phi) is 6.76. The third-order valence-corrected chi connectivity index (χ3v) is 5.06. The Hall–Kier alpha value is -2.73. The summed E-state index contributed by atoms with van der Waals surface area (Å²) in [5.41, 5.74) is 3.28.